The van der Waals surface area contributed by atoms with Crippen molar-refractivity contribution >= 4 is 21.8 Å². The summed E-state index contributed by atoms with van der Waals surface area (Å²) in [5.41, 5.74) is 0. The summed E-state index contributed by atoms with van der Waals surface area (Å²) in [7, 11) is 0. The molecule has 2 aliphatic rings. The highest BCUT2D eigenvalue weighted by atomic mass is 79.9. The molecule has 0 unspecified atom stereocenters. The molecule has 1 saturated carbocycles. The zero-order chi connectivity index (χ0) is 19.2. The molecule has 1 aromatic carbocycles. The predicted octanol–water partition coefficient (Wildman–Crippen LogP) is 3.25. The van der Waals surface area contributed by atoms with Gasteiger partial charge in [0.15, 0.2) is 0 Å². The number of benzene rings is 1. The topological polar surface area (TPSA) is 65.4 Å². The molecule has 6 heteroatoms. The quantitative estimate of drug-likeness (QED) is 0.729. The SMILES string of the molecule is C#C[C@H]1CC[C@@H](C#N)N1C(=O)CN[C@H]1CC[C@H](Oc2ccc(Br)cc2)CC1. The average Bonchev–Trinajstić information content (AvgIpc) is 3.12. The average molecular weight is 430 g/mol. The minimum Gasteiger partial charge on any atom is -0.490 e. The number of hydrogen-bond acceptors (Lipinski definition) is 4. The van der Waals surface area contributed by atoms with E-state index < -0.39 is 6.04 Å². The Morgan fingerprint density at radius 2 is 1.85 bits per heavy atom. The molecule has 1 heterocycles. The van der Waals surface area contributed by atoms with Gasteiger partial charge in [-0.15, -0.1) is 6.42 Å². The van der Waals surface area contributed by atoms with E-state index in [0.29, 0.717) is 18.9 Å². The molecular weight excluding hydrogens is 406 g/mol. The van der Waals surface area contributed by atoms with E-state index >= 15 is 0 Å². The molecule has 1 N–H and O–H groups in total. The molecule has 0 radical (unpaired) electrons. The van der Waals surface area contributed by atoms with E-state index in [2.05, 4.69) is 33.2 Å². The van der Waals surface area contributed by atoms with Crippen LogP contribution in [0, 0.1) is 23.7 Å². The van der Waals surface area contributed by atoms with Crippen LogP contribution in [0.15, 0.2) is 28.7 Å². The van der Waals surface area contributed by atoms with Gasteiger partial charge in [0.2, 0.25) is 5.91 Å². The first kappa shape index (κ1) is 19.7. The zero-order valence-electron chi connectivity index (χ0n) is 15.2. The molecule has 0 aromatic heterocycles. The molecule has 27 heavy (non-hydrogen) atoms. The maximum atomic E-state index is 12.5. The smallest absolute Gasteiger partial charge is 0.238 e. The molecule has 0 bridgehead atoms. The van der Waals surface area contributed by atoms with E-state index in [1.54, 1.807) is 4.90 Å². The number of ether oxygens (including phenoxy) is 1. The largest absolute Gasteiger partial charge is 0.490 e. The first-order valence-electron chi connectivity index (χ1n) is 9.43. The molecule has 2 atom stereocenters. The Labute approximate surface area is 169 Å². The first-order valence-corrected chi connectivity index (χ1v) is 10.2. The second kappa shape index (κ2) is 9.26. The van der Waals surface area contributed by atoms with Gasteiger partial charge in [0.05, 0.1) is 24.8 Å². The molecule has 1 aliphatic heterocycles. The molecule has 1 aliphatic carbocycles. The van der Waals surface area contributed by atoms with Crippen LogP contribution in [-0.2, 0) is 4.79 Å². The lowest BCUT2D eigenvalue weighted by atomic mass is 9.93. The lowest BCUT2D eigenvalue weighted by Crippen LogP contribution is -2.47. The fourth-order valence-corrected chi connectivity index (χ4v) is 4.13. The van der Waals surface area contributed by atoms with Gasteiger partial charge in [0.1, 0.15) is 11.8 Å². The Hall–Kier alpha value is -2.02. The summed E-state index contributed by atoms with van der Waals surface area (Å²) in [6, 6.07) is 9.74. The fraction of sp³-hybridized carbons (Fsp3) is 0.524. The van der Waals surface area contributed by atoms with Crippen molar-refractivity contribution in [2.75, 3.05) is 6.54 Å². The van der Waals surface area contributed by atoms with Crippen LogP contribution < -0.4 is 10.1 Å². The molecular formula is C21H24BrN3O2. The van der Waals surface area contributed by atoms with Gasteiger partial charge in [-0.05, 0) is 62.8 Å². The number of halogens is 1. The zero-order valence-corrected chi connectivity index (χ0v) is 16.8. The summed E-state index contributed by atoms with van der Waals surface area (Å²) >= 11 is 3.42. The number of nitriles is 1. The minimum atomic E-state index is -0.393. The van der Waals surface area contributed by atoms with Crippen LogP contribution in [0.5, 0.6) is 5.75 Å². The Morgan fingerprint density at radius 3 is 2.48 bits per heavy atom. The van der Waals surface area contributed by atoms with Gasteiger partial charge in [-0.3, -0.25) is 4.79 Å². The van der Waals surface area contributed by atoms with E-state index in [9.17, 15) is 10.1 Å². The van der Waals surface area contributed by atoms with Crippen LogP contribution in [0.25, 0.3) is 0 Å². The molecule has 2 fully saturated rings. The van der Waals surface area contributed by atoms with Crippen LogP contribution in [0.4, 0.5) is 0 Å². The van der Waals surface area contributed by atoms with Crippen molar-refractivity contribution in [3.63, 3.8) is 0 Å². The van der Waals surface area contributed by atoms with Gasteiger partial charge < -0.3 is 15.0 Å². The van der Waals surface area contributed by atoms with Crippen LogP contribution in [0.1, 0.15) is 38.5 Å². The Morgan fingerprint density at radius 1 is 1.19 bits per heavy atom. The van der Waals surface area contributed by atoms with E-state index in [0.717, 1.165) is 35.9 Å². The Balaban J connectivity index is 1.43. The maximum Gasteiger partial charge on any atom is 0.238 e. The molecule has 1 amide bonds. The third-order valence-electron chi connectivity index (χ3n) is 5.35. The minimum absolute atomic E-state index is 0.0739. The van der Waals surface area contributed by atoms with E-state index in [1.807, 2.05) is 24.3 Å². The highest BCUT2D eigenvalue weighted by Crippen LogP contribution is 2.26. The number of amides is 1. The van der Waals surface area contributed by atoms with Crippen LogP contribution in [0.2, 0.25) is 0 Å². The molecule has 1 saturated heterocycles. The normalized spacial score (nSPS) is 27.6. The molecule has 1 aromatic rings. The third kappa shape index (κ3) is 5.03. The van der Waals surface area contributed by atoms with Crippen molar-refractivity contribution in [2.45, 2.75) is 62.8 Å². The number of carbonyl (C=O) groups is 1. The van der Waals surface area contributed by atoms with Gasteiger partial charge in [-0.25, -0.2) is 0 Å². The van der Waals surface area contributed by atoms with Crippen molar-refractivity contribution in [2.24, 2.45) is 0 Å². The van der Waals surface area contributed by atoms with Gasteiger partial charge in [-0.2, -0.15) is 5.26 Å². The summed E-state index contributed by atoms with van der Waals surface area (Å²) in [6.45, 7) is 0.235. The highest BCUT2D eigenvalue weighted by Gasteiger charge is 2.36. The Bertz CT molecular complexity index is 707. The molecule has 0 spiro atoms. The Kier molecular flexibility index (Phi) is 6.77. The summed E-state index contributed by atoms with van der Waals surface area (Å²) in [4.78, 5) is 14.1. The van der Waals surface area contributed by atoms with Crippen LogP contribution in [0.3, 0.4) is 0 Å². The number of rotatable bonds is 5. The predicted molar refractivity (Wildman–Crippen MR) is 107 cm³/mol. The maximum absolute atomic E-state index is 12.5. The first-order chi connectivity index (χ1) is 13.1. The number of likely N-dealkylation sites (tertiary alicyclic amines) is 1. The second-order valence-electron chi connectivity index (χ2n) is 7.13. The molecule has 142 valence electrons. The van der Waals surface area contributed by atoms with Crippen LogP contribution >= 0.6 is 15.9 Å². The van der Waals surface area contributed by atoms with E-state index in [4.69, 9.17) is 11.2 Å². The van der Waals surface area contributed by atoms with E-state index in [-0.39, 0.29) is 24.6 Å². The fourth-order valence-electron chi connectivity index (χ4n) is 3.86. The van der Waals surface area contributed by atoms with Crippen LogP contribution in [-0.4, -0.2) is 41.6 Å². The van der Waals surface area contributed by atoms with Crippen molar-refractivity contribution in [3.05, 3.63) is 28.7 Å². The molecule has 3 rings (SSSR count). The van der Waals surface area contributed by atoms with Gasteiger partial charge in [0, 0.05) is 10.5 Å². The monoisotopic (exact) mass is 429 g/mol. The number of terminal acetylenes is 1. The standard InChI is InChI=1S/C21H24BrN3O2/c1-2-17-7-8-18(13-23)25(17)21(26)14-24-16-5-11-20(12-6-16)27-19-9-3-15(22)4-10-19/h1,3-4,9-10,16-18,20,24H,5-8,11-12,14H2/t16-,17-,18-,20-/m0/s1. The van der Waals surface area contributed by atoms with Crippen molar-refractivity contribution < 1.29 is 9.53 Å². The number of nitrogens with one attached hydrogen (secondary N) is 1. The highest BCUT2D eigenvalue weighted by molar-refractivity contribution is 9.10. The van der Waals surface area contributed by atoms with Crippen molar-refractivity contribution in [3.8, 4) is 24.2 Å². The van der Waals surface area contributed by atoms with Gasteiger partial charge in [-0.1, -0.05) is 21.9 Å². The molecule has 5 nitrogen and oxygen atoms in total. The number of carbonyl (C=O) groups excluding carboxylic acids is 1. The number of nitrogens with zero attached hydrogens (tertiary/aromatic N) is 2. The van der Waals surface area contributed by atoms with Crippen molar-refractivity contribution in [1.82, 2.24) is 10.2 Å². The van der Waals surface area contributed by atoms with Gasteiger partial charge >= 0.3 is 0 Å². The summed E-state index contributed by atoms with van der Waals surface area (Å²) < 4.78 is 7.08. The second-order valence-corrected chi connectivity index (χ2v) is 8.05. The summed E-state index contributed by atoms with van der Waals surface area (Å²) in [5, 5.41) is 12.6. The summed E-state index contributed by atoms with van der Waals surface area (Å²) in [6.07, 6.45) is 10.9. The lowest BCUT2D eigenvalue weighted by Gasteiger charge is -2.30. The van der Waals surface area contributed by atoms with E-state index in [1.165, 1.54) is 0 Å². The number of hydrogen-bond donors (Lipinski definition) is 1. The summed E-state index contributed by atoms with van der Waals surface area (Å²) in [5.74, 6) is 3.45. The van der Waals surface area contributed by atoms with Gasteiger partial charge in [0.25, 0.3) is 0 Å². The van der Waals surface area contributed by atoms with Crippen molar-refractivity contribution in [1.29, 1.82) is 5.26 Å². The lowest BCUT2D eigenvalue weighted by molar-refractivity contribution is -0.131. The third-order valence-corrected chi connectivity index (χ3v) is 5.88.